The van der Waals surface area contributed by atoms with Crippen LogP contribution in [-0.2, 0) is 0 Å². The summed E-state index contributed by atoms with van der Waals surface area (Å²) in [7, 11) is 1.97. The normalized spacial score (nSPS) is 12.8. The number of ether oxygens (including phenoxy) is 2. The molecule has 1 aromatic heterocycles. The molecule has 1 aliphatic heterocycles. The molecule has 0 spiro atoms. The molecule has 0 amide bonds. The van der Waals surface area contributed by atoms with E-state index in [1.165, 1.54) is 0 Å². The van der Waals surface area contributed by atoms with E-state index in [0.29, 0.717) is 0 Å². The molecule has 100 valence electrons. The average Bonchev–Trinajstić information content (AvgIpc) is 3.11. The lowest BCUT2D eigenvalue weighted by molar-refractivity contribution is 0.174. The Morgan fingerprint density at radius 1 is 1.10 bits per heavy atom. The van der Waals surface area contributed by atoms with Crippen molar-refractivity contribution in [1.82, 2.24) is 9.97 Å². The van der Waals surface area contributed by atoms with Crippen molar-refractivity contribution in [3.05, 3.63) is 42.5 Å². The number of hydrogen-bond acceptors (Lipinski definition) is 4. The summed E-state index contributed by atoms with van der Waals surface area (Å²) in [5.74, 6) is 2.35. The second kappa shape index (κ2) is 4.16. The molecule has 0 fully saturated rings. The lowest BCUT2D eigenvalue weighted by atomic mass is 10.2. The van der Waals surface area contributed by atoms with Crippen molar-refractivity contribution in [2.75, 3.05) is 18.7 Å². The zero-order valence-electron chi connectivity index (χ0n) is 11.0. The zero-order chi connectivity index (χ0) is 13.5. The van der Waals surface area contributed by atoms with Crippen LogP contribution < -0.4 is 14.4 Å². The molecule has 0 atom stereocenters. The average molecular weight is 267 g/mol. The van der Waals surface area contributed by atoms with Crippen LogP contribution in [0.25, 0.3) is 11.0 Å². The number of H-pyrrole nitrogens is 1. The fourth-order valence-corrected chi connectivity index (χ4v) is 2.31. The predicted molar refractivity (Wildman–Crippen MR) is 76.7 cm³/mol. The molecule has 20 heavy (non-hydrogen) atoms. The highest BCUT2D eigenvalue weighted by atomic mass is 16.7. The highest BCUT2D eigenvalue weighted by Gasteiger charge is 2.16. The van der Waals surface area contributed by atoms with Gasteiger partial charge in [-0.05, 0) is 24.3 Å². The first-order chi connectivity index (χ1) is 9.81. The Labute approximate surface area is 115 Å². The van der Waals surface area contributed by atoms with Gasteiger partial charge in [-0.15, -0.1) is 0 Å². The first-order valence-electron chi connectivity index (χ1n) is 6.39. The van der Waals surface area contributed by atoms with Crippen molar-refractivity contribution in [3.63, 3.8) is 0 Å². The fraction of sp³-hybridized carbons (Fsp3) is 0.133. The molecular weight excluding hydrogens is 254 g/mol. The number of hydrogen-bond donors (Lipinski definition) is 1. The van der Waals surface area contributed by atoms with Gasteiger partial charge in [0.05, 0.1) is 11.0 Å². The van der Waals surface area contributed by atoms with Crippen LogP contribution in [0, 0.1) is 0 Å². The van der Waals surface area contributed by atoms with Crippen LogP contribution in [0.4, 0.5) is 11.6 Å². The summed E-state index contributed by atoms with van der Waals surface area (Å²) in [5, 5.41) is 0. The smallest absolute Gasteiger partial charge is 0.231 e. The number of para-hydroxylation sites is 2. The molecule has 2 aromatic carbocycles. The maximum absolute atomic E-state index is 5.40. The highest BCUT2D eigenvalue weighted by Crippen LogP contribution is 2.36. The van der Waals surface area contributed by atoms with E-state index in [0.717, 1.165) is 34.2 Å². The van der Waals surface area contributed by atoms with Gasteiger partial charge < -0.3 is 19.4 Å². The predicted octanol–water partition coefficient (Wildman–Crippen LogP) is 3.06. The summed E-state index contributed by atoms with van der Waals surface area (Å²) in [6.45, 7) is 0.285. The van der Waals surface area contributed by atoms with Crippen molar-refractivity contribution in [2.45, 2.75) is 0 Å². The van der Waals surface area contributed by atoms with E-state index in [4.69, 9.17) is 9.47 Å². The summed E-state index contributed by atoms with van der Waals surface area (Å²) in [6.07, 6.45) is 0. The van der Waals surface area contributed by atoms with Gasteiger partial charge in [-0.3, -0.25) is 0 Å². The number of fused-ring (bicyclic) bond motifs is 2. The van der Waals surface area contributed by atoms with Crippen LogP contribution >= 0.6 is 0 Å². The minimum atomic E-state index is 0.285. The van der Waals surface area contributed by atoms with Crippen LogP contribution in [0.15, 0.2) is 42.5 Å². The van der Waals surface area contributed by atoms with Crippen LogP contribution in [0.1, 0.15) is 0 Å². The molecule has 4 rings (SSSR count). The van der Waals surface area contributed by atoms with Gasteiger partial charge in [0.25, 0.3) is 0 Å². The topological polar surface area (TPSA) is 50.4 Å². The first-order valence-corrected chi connectivity index (χ1v) is 6.39. The lowest BCUT2D eigenvalue weighted by Crippen LogP contribution is -2.10. The first kappa shape index (κ1) is 11.2. The highest BCUT2D eigenvalue weighted by molar-refractivity contribution is 5.78. The van der Waals surface area contributed by atoms with Crippen molar-refractivity contribution in [1.29, 1.82) is 0 Å². The van der Waals surface area contributed by atoms with E-state index in [-0.39, 0.29) is 6.79 Å². The number of rotatable bonds is 2. The van der Waals surface area contributed by atoms with Crippen molar-refractivity contribution >= 4 is 22.7 Å². The number of benzene rings is 2. The van der Waals surface area contributed by atoms with E-state index >= 15 is 0 Å². The molecular formula is C15H13N3O2. The maximum Gasteiger partial charge on any atom is 0.231 e. The standard InChI is InChI=1S/C15H13N3O2/c1-18(10-6-7-13-14(8-10)20-9-19-13)15-16-11-4-2-3-5-12(11)17-15/h2-8H,9H2,1H3,(H,16,17). The minimum absolute atomic E-state index is 0.285. The van der Waals surface area contributed by atoms with Crippen LogP contribution in [0.3, 0.4) is 0 Å². The molecule has 0 bridgehead atoms. The Kier molecular flexibility index (Phi) is 2.32. The number of aromatic amines is 1. The van der Waals surface area contributed by atoms with Gasteiger partial charge in [-0.25, -0.2) is 4.98 Å². The van der Waals surface area contributed by atoms with Gasteiger partial charge in [-0.2, -0.15) is 0 Å². The van der Waals surface area contributed by atoms with Crippen LogP contribution in [-0.4, -0.2) is 23.8 Å². The number of aromatic nitrogens is 2. The van der Waals surface area contributed by atoms with Gasteiger partial charge in [0.1, 0.15) is 0 Å². The van der Waals surface area contributed by atoms with Gasteiger partial charge in [0, 0.05) is 18.8 Å². The summed E-state index contributed by atoms with van der Waals surface area (Å²) in [5.41, 5.74) is 2.97. The number of anilines is 2. The van der Waals surface area contributed by atoms with Gasteiger partial charge in [-0.1, -0.05) is 12.1 Å². The Hall–Kier alpha value is -2.69. The Bertz CT molecular complexity index is 749. The molecule has 5 heteroatoms. The molecule has 0 saturated carbocycles. The van der Waals surface area contributed by atoms with E-state index < -0.39 is 0 Å². The third-order valence-corrected chi connectivity index (χ3v) is 3.44. The van der Waals surface area contributed by atoms with E-state index in [2.05, 4.69) is 9.97 Å². The number of nitrogens with zero attached hydrogens (tertiary/aromatic N) is 2. The second-order valence-electron chi connectivity index (χ2n) is 4.67. The summed E-state index contributed by atoms with van der Waals surface area (Å²) < 4.78 is 10.7. The number of imidazole rings is 1. The molecule has 0 saturated heterocycles. The summed E-state index contributed by atoms with van der Waals surface area (Å²) >= 11 is 0. The minimum Gasteiger partial charge on any atom is -0.454 e. The zero-order valence-corrected chi connectivity index (χ0v) is 11.0. The third kappa shape index (κ3) is 1.67. The maximum atomic E-state index is 5.40. The largest absolute Gasteiger partial charge is 0.454 e. The molecule has 0 unspecified atom stereocenters. The quantitative estimate of drug-likeness (QED) is 0.775. The molecule has 2 heterocycles. The van der Waals surface area contributed by atoms with Crippen molar-refractivity contribution < 1.29 is 9.47 Å². The SMILES string of the molecule is CN(c1ccc2c(c1)OCO2)c1nc2ccccc2[nH]1. The fourth-order valence-electron chi connectivity index (χ4n) is 2.31. The monoisotopic (exact) mass is 267 g/mol. The van der Waals surface area contributed by atoms with Crippen LogP contribution in [0.2, 0.25) is 0 Å². The van der Waals surface area contributed by atoms with E-state index in [9.17, 15) is 0 Å². The third-order valence-electron chi connectivity index (χ3n) is 3.44. The lowest BCUT2D eigenvalue weighted by Gasteiger charge is -2.16. The van der Waals surface area contributed by atoms with E-state index in [1.54, 1.807) is 0 Å². The number of nitrogens with one attached hydrogen (secondary N) is 1. The van der Waals surface area contributed by atoms with Gasteiger partial charge in [0.15, 0.2) is 11.5 Å². The van der Waals surface area contributed by atoms with Crippen LogP contribution in [0.5, 0.6) is 11.5 Å². The Morgan fingerprint density at radius 2 is 1.95 bits per heavy atom. The molecule has 0 radical (unpaired) electrons. The molecule has 5 nitrogen and oxygen atoms in total. The van der Waals surface area contributed by atoms with Gasteiger partial charge in [0.2, 0.25) is 12.7 Å². The second-order valence-corrected chi connectivity index (χ2v) is 4.67. The van der Waals surface area contributed by atoms with Crippen molar-refractivity contribution in [3.8, 4) is 11.5 Å². The van der Waals surface area contributed by atoms with Crippen molar-refractivity contribution in [2.24, 2.45) is 0 Å². The van der Waals surface area contributed by atoms with Gasteiger partial charge >= 0.3 is 0 Å². The summed E-state index contributed by atoms with van der Waals surface area (Å²) in [4.78, 5) is 9.87. The Balaban J connectivity index is 1.74. The molecule has 3 aromatic rings. The molecule has 1 aliphatic rings. The molecule has 0 aliphatic carbocycles. The Morgan fingerprint density at radius 3 is 2.85 bits per heavy atom. The summed E-state index contributed by atoms with van der Waals surface area (Å²) in [6, 6.07) is 13.8. The molecule has 1 N–H and O–H groups in total. The van der Waals surface area contributed by atoms with E-state index in [1.807, 2.05) is 54.4 Å².